The number of nitro benzene ring substituents is 2. The van der Waals surface area contributed by atoms with Crippen molar-refractivity contribution < 1.29 is 9.85 Å². The van der Waals surface area contributed by atoms with Crippen LogP contribution in [-0.2, 0) is 0 Å². The highest BCUT2D eigenvalue weighted by Crippen LogP contribution is 2.19. The second-order valence-corrected chi connectivity index (χ2v) is 3.88. The minimum Gasteiger partial charge on any atom is -0.258 e. The maximum atomic E-state index is 10.6. The van der Waals surface area contributed by atoms with Gasteiger partial charge in [-0.15, -0.1) is 0 Å². The third kappa shape index (κ3) is 3.22. The number of nitrogens with zero attached hydrogens (tertiary/aromatic N) is 3. The van der Waals surface area contributed by atoms with Gasteiger partial charge in [-0.2, -0.15) is 0 Å². The molecule has 0 fully saturated rings. The summed E-state index contributed by atoms with van der Waals surface area (Å²) in [5.74, 6) is 0. The fourth-order valence-corrected chi connectivity index (χ4v) is 1.52. The van der Waals surface area contributed by atoms with E-state index in [0.717, 1.165) is 0 Å². The van der Waals surface area contributed by atoms with Crippen LogP contribution in [0.5, 0.6) is 0 Å². The number of rotatable bonds is 4. The zero-order valence-corrected chi connectivity index (χ0v) is 10.2. The van der Waals surface area contributed by atoms with Crippen molar-refractivity contribution in [2.24, 2.45) is 4.99 Å². The molecular formula is C13H9N3O4. The van der Waals surface area contributed by atoms with E-state index in [-0.39, 0.29) is 11.4 Å². The molecular weight excluding hydrogens is 262 g/mol. The van der Waals surface area contributed by atoms with Crippen LogP contribution in [0.1, 0.15) is 5.56 Å². The fraction of sp³-hybridized carbons (Fsp3) is 0. The van der Waals surface area contributed by atoms with E-state index in [1.165, 1.54) is 30.5 Å². The Hall–Kier alpha value is -3.09. The van der Waals surface area contributed by atoms with Gasteiger partial charge in [-0.3, -0.25) is 25.2 Å². The Morgan fingerprint density at radius 3 is 2.15 bits per heavy atom. The molecule has 0 unspecified atom stereocenters. The molecule has 0 heterocycles. The van der Waals surface area contributed by atoms with Gasteiger partial charge >= 0.3 is 0 Å². The number of benzene rings is 2. The van der Waals surface area contributed by atoms with Crippen LogP contribution < -0.4 is 0 Å². The Balaban J connectivity index is 2.18. The van der Waals surface area contributed by atoms with Crippen molar-refractivity contribution in [1.29, 1.82) is 0 Å². The van der Waals surface area contributed by atoms with Gasteiger partial charge in [0.15, 0.2) is 0 Å². The van der Waals surface area contributed by atoms with Crippen molar-refractivity contribution in [3.63, 3.8) is 0 Å². The molecule has 0 aliphatic carbocycles. The topological polar surface area (TPSA) is 98.6 Å². The normalized spacial score (nSPS) is 10.6. The molecule has 100 valence electrons. The summed E-state index contributed by atoms with van der Waals surface area (Å²) in [6, 6.07) is 11.8. The first-order chi connectivity index (χ1) is 9.56. The first-order valence-electron chi connectivity index (χ1n) is 5.59. The van der Waals surface area contributed by atoms with Crippen molar-refractivity contribution in [3.05, 3.63) is 74.3 Å². The van der Waals surface area contributed by atoms with Gasteiger partial charge in [0.25, 0.3) is 11.4 Å². The molecule has 0 amide bonds. The minimum atomic E-state index is -0.495. The molecule has 0 radical (unpaired) electrons. The molecule has 0 aliphatic heterocycles. The number of nitro groups is 2. The molecule has 0 spiro atoms. The second kappa shape index (κ2) is 5.70. The van der Waals surface area contributed by atoms with Gasteiger partial charge < -0.3 is 0 Å². The van der Waals surface area contributed by atoms with Crippen LogP contribution in [0.15, 0.2) is 53.5 Å². The van der Waals surface area contributed by atoms with Crippen LogP contribution in [-0.4, -0.2) is 16.1 Å². The molecule has 0 bridgehead atoms. The van der Waals surface area contributed by atoms with Crippen LogP contribution in [0.25, 0.3) is 0 Å². The summed E-state index contributed by atoms with van der Waals surface area (Å²) in [5.41, 5.74) is 1.07. The molecule has 2 aromatic rings. The Morgan fingerprint density at radius 2 is 1.55 bits per heavy atom. The summed E-state index contributed by atoms with van der Waals surface area (Å²) >= 11 is 0. The lowest BCUT2D eigenvalue weighted by Gasteiger charge is -1.95. The minimum absolute atomic E-state index is 0.00232. The lowest BCUT2D eigenvalue weighted by atomic mass is 10.2. The summed E-state index contributed by atoms with van der Waals surface area (Å²) in [6.45, 7) is 0. The maximum absolute atomic E-state index is 10.6. The first kappa shape index (κ1) is 13.3. The number of non-ortho nitro benzene ring substituents is 2. The van der Waals surface area contributed by atoms with E-state index >= 15 is 0 Å². The van der Waals surface area contributed by atoms with E-state index in [2.05, 4.69) is 4.99 Å². The van der Waals surface area contributed by atoms with E-state index < -0.39 is 9.85 Å². The van der Waals surface area contributed by atoms with Crippen molar-refractivity contribution in [3.8, 4) is 0 Å². The average molecular weight is 271 g/mol. The molecule has 0 atom stereocenters. The number of hydrogen-bond acceptors (Lipinski definition) is 5. The highest BCUT2D eigenvalue weighted by molar-refractivity contribution is 5.82. The van der Waals surface area contributed by atoms with Gasteiger partial charge in [0.2, 0.25) is 0 Å². The maximum Gasteiger partial charge on any atom is 0.271 e. The second-order valence-electron chi connectivity index (χ2n) is 3.88. The Bertz CT molecular complexity index is 680. The van der Waals surface area contributed by atoms with Crippen molar-refractivity contribution in [2.75, 3.05) is 0 Å². The summed E-state index contributed by atoms with van der Waals surface area (Å²) in [4.78, 5) is 24.2. The lowest BCUT2D eigenvalue weighted by Crippen LogP contribution is -1.88. The molecule has 2 rings (SSSR count). The number of aliphatic imine (C=N–C) groups is 1. The predicted molar refractivity (Wildman–Crippen MR) is 73.4 cm³/mol. The zero-order valence-electron chi connectivity index (χ0n) is 10.2. The molecule has 20 heavy (non-hydrogen) atoms. The largest absolute Gasteiger partial charge is 0.271 e. The predicted octanol–water partition coefficient (Wildman–Crippen LogP) is 3.25. The van der Waals surface area contributed by atoms with Crippen LogP contribution >= 0.6 is 0 Å². The van der Waals surface area contributed by atoms with E-state index in [9.17, 15) is 20.2 Å². The Labute approximate surface area is 113 Å². The lowest BCUT2D eigenvalue weighted by molar-refractivity contribution is -0.385. The number of hydrogen-bond donors (Lipinski definition) is 0. The van der Waals surface area contributed by atoms with Gasteiger partial charge in [0.05, 0.1) is 15.5 Å². The van der Waals surface area contributed by atoms with E-state index in [1.807, 2.05) is 0 Å². The van der Waals surface area contributed by atoms with Crippen LogP contribution in [0.2, 0.25) is 0 Å². The molecule has 0 saturated carbocycles. The van der Waals surface area contributed by atoms with E-state index in [0.29, 0.717) is 11.3 Å². The van der Waals surface area contributed by atoms with Gasteiger partial charge in [-0.1, -0.05) is 6.07 Å². The van der Waals surface area contributed by atoms with Crippen LogP contribution in [0.4, 0.5) is 17.1 Å². The van der Waals surface area contributed by atoms with Gasteiger partial charge in [-0.25, -0.2) is 0 Å². The molecule has 0 saturated heterocycles. The van der Waals surface area contributed by atoms with E-state index in [1.54, 1.807) is 24.3 Å². The summed E-state index contributed by atoms with van der Waals surface area (Å²) in [7, 11) is 0. The Kier molecular flexibility index (Phi) is 3.80. The summed E-state index contributed by atoms with van der Waals surface area (Å²) in [6.07, 6.45) is 1.49. The van der Waals surface area contributed by atoms with Crippen LogP contribution in [0, 0.1) is 20.2 Å². The smallest absolute Gasteiger partial charge is 0.258 e. The van der Waals surface area contributed by atoms with Crippen molar-refractivity contribution in [2.45, 2.75) is 0 Å². The summed E-state index contributed by atoms with van der Waals surface area (Å²) < 4.78 is 0. The first-order valence-corrected chi connectivity index (χ1v) is 5.59. The standard InChI is InChI=1S/C13H9N3O4/c17-15(18)12-6-4-10(5-7-12)9-14-11-2-1-3-13(8-11)16(19)20/h1-9H. The molecule has 2 aromatic carbocycles. The SMILES string of the molecule is O=[N+]([O-])c1ccc(C=Nc2cccc([N+](=O)[O-])c2)cc1. The van der Waals surface area contributed by atoms with Gasteiger partial charge in [0.1, 0.15) is 0 Å². The molecule has 7 heteroatoms. The monoisotopic (exact) mass is 271 g/mol. The Morgan fingerprint density at radius 1 is 0.900 bits per heavy atom. The zero-order chi connectivity index (χ0) is 14.5. The molecule has 0 N–H and O–H groups in total. The van der Waals surface area contributed by atoms with Gasteiger partial charge in [-0.05, 0) is 23.8 Å². The third-order valence-electron chi connectivity index (χ3n) is 2.51. The van der Waals surface area contributed by atoms with Gasteiger partial charge in [0, 0.05) is 30.5 Å². The van der Waals surface area contributed by atoms with Crippen LogP contribution in [0.3, 0.4) is 0 Å². The summed E-state index contributed by atoms with van der Waals surface area (Å²) in [5, 5.41) is 21.1. The highest BCUT2D eigenvalue weighted by atomic mass is 16.6. The third-order valence-corrected chi connectivity index (χ3v) is 2.51. The quantitative estimate of drug-likeness (QED) is 0.484. The molecule has 0 aliphatic rings. The molecule has 0 aromatic heterocycles. The highest BCUT2D eigenvalue weighted by Gasteiger charge is 2.05. The van der Waals surface area contributed by atoms with Crippen molar-refractivity contribution in [1.82, 2.24) is 0 Å². The van der Waals surface area contributed by atoms with Crippen molar-refractivity contribution >= 4 is 23.3 Å². The molecule has 7 nitrogen and oxygen atoms in total. The fourth-order valence-electron chi connectivity index (χ4n) is 1.52. The van der Waals surface area contributed by atoms with E-state index in [4.69, 9.17) is 0 Å². The average Bonchev–Trinajstić information content (AvgIpc) is 2.46.